The Hall–Kier alpha value is -0.260. The van der Waals surface area contributed by atoms with Crippen LogP contribution in [0.4, 0.5) is 0 Å². The molecule has 11 unspecified atom stereocenters. The zero-order chi connectivity index (χ0) is 13.8. The van der Waals surface area contributed by atoms with E-state index in [1.807, 2.05) is 5.57 Å². The third kappa shape index (κ3) is 0.861. The summed E-state index contributed by atoms with van der Waals surface area (Å²) >= 11 is 0. The van der Waals surface area contributed by atoms with E-state index in [1.54, 1.807) is 57.8 Å². The van der Waals surface area contributed by atoms with Gasteiger partial charge in [0.25, 0.3) is 0 Å². The number of fused-ring (bicyclic) bond motifs is 3. The van der Waals surface area contributed by atoms with Gasteiger partial charge >= 0.3 is 0 Å². The van der Waals surface area contributed by atoms with Crippen molar-refractivity contribution in [3.05, 3.63) is 11.6 Å². The number of hydrogen-bond acceptors (Lipinski definition) is 0. The van der Waals surface area contributed by atoms with Crippen molar-refractivity contribution in [3.8, 4) is 0 Å². The van der Waals surface area contributed by atoms with Crippen LogP contribution >= 0.6 is 0 Å². The second kappa shape index (κ2) is 3.02. The van der Waals surface area contributed by atoms with Crippen molar-refractivity contribution >= 4 is 0 Å². The molecule has 116 valence electrons. The highest BCUT2D eigenvalue weighted by molar-refractivity contribution is 5.37. The van der Waals surface area contributed by atoms with Gasteiger partial charge < -0.3 is 0 Å². The normalized spacial score (nSPS) is 73.8. The molecule has 9 aliphatic rings. The van der Waals surface area contributed by atoms with Gasteiger partial charge in [0.15, 0.2) is 0 Å². The lowest BCUT2D eigenvalue weighted by atomic mass is 9.53. The Bertz CT molecular complexity index is 644. The first-order valence-corrected chi connectivity index (χ1v) is 10.5. The zero-order valence-electron chi connectivity index (χ0n) is 13.6. The predicted molar refractivity (Wildman–Crippen MR) is 85.9 cm³/mol. The van der Waals surface area contributed by atoms with Gasteiger partial charge in [-0.2, -0.15) is 0 Å². The van der Waals surface area contributed by atoms with E-state index >= 15 is 0 Å². The molecule has 11 atom stereocenters. The van der Waals surface area contributed by atoms with Crippen LogP contribution in [0.25, 0.3) is 0 Å². The molecule has 7 fully saturated rings. The molecule has 0 heteroatoms. The van der Waals surface area contributed by atoms with Crippen molar-refractivity contribution in [2.45, 2.75) is 57.8 Å². The summed E-state index contributed by atoms with van der Waals surface area (Å²) in [5.74, 6) is 10.5. The van der Waals surface area contributed by atoms with E-state index in [-0.39, 0.29) is 0 Å². The van der Waals surface area contributed by atoms with Gasteiger partial charge in [-0.3, -0.25) is 0 Å². The molecular weight excluding hydrogens is 264 g/mol. The second-order valence-electron chi connectivity index (χ2n) is 11.1. The van der Waals surface area contributed by atoms with Crippen molar-refractivity contribution in [1.82, 2.24) is 0 Å². The van der Waals surface area contributed by atoms with Crippen molar-refractivity contribution < 1.29 is 0 Å². The Morgan fingerprint density at radius 3 is 2.86 bits per heavy atom. The van der Waals surface area contributed by atoms with Gasteiger partial charge in [0.05, 0.1) is 0 Å². The average Bonchev–Trinajstić information content (AvgIpc) is 3.25. The molecule has 0 aromatic rings. The van der Waals surface area contributed by atoms with Gasteiger partial charge in [-0.1, -0.05) is 24.5 Å². The molecule has 2 spiro atoms. The van der Waals surface area contributed by atoms with Gasteiger partial charge in [-0.25, -0.2) is 0 Å². The van der Waals surface area contributed by atoms with E-state index in [4.69, 9.17) is 0 Å². The van der Waals surface area contributed by atoms with Gasteiger partial charge in [0, 0.05) is 0 Å². The zero-order valence-corrected chi connectivity index (χ0v) is 13.6. The van der Waals surface area contributed by atoms with Crippen LogP contribution in [-0.2, 0) is 0 Å². The molecular formula is C22H28. The fourth-order valence-electron chi connectivity index (χ4n) is 11.7. The highest BCUT2D eigenvalue weighted by Gasteiger charge is 2.80. The highest BCUT2D eigenvalue weighted by Crippen LogP contribution is 2.87. The highest BCUT2D eigenvalue weighted by atomic mass is 14.8. The molecule has 9 bridgehead atoms. The lowest BCUT2D eigenvalue weighted by molar-refractivity contribution is -0.0302. The molecule has 0 aromatic heterocycles. The molecule has 0 N–H and O–H groups in total. The SMILES string of the molecule is C1=C2CC34CC2CC1C3CC1C2CC3(CC5CCCC3C52)C14. The lowest BCUT2D eigenvalue weighted by Crippen LogP contribution is -2.46. The van der Waals surface area contributed by atoms with E-state index in [2.05, 4.69) is 6.08 Å². The average molecular weight is 292 g/mol. The van der Waals surface area contributed by atoms with Crippen LogP contribution in [0.1, 0.15) is 57.8 Å². The van der Waals surface area contributed by atoms with E-state index in [9.17, 15) is 0 Å². The van der Waals surface area contributed by atoms with Crippen LogP contribution in [0.3, 0.4) is 0 Å². The first-order chi connectivity index (χ1) is 10.8. The Balaban J connectivity index is 1.35. The monoisotopic (exact) mass is 292 g/mol. The minimum Gasteiger partial charge on any atom is -0.0816 e. The van der Waals surface area contributed by atoms with Crippen molar-refractivity contribution in [2.24, 2.45) is 64.1 Å². The number of rotatable bonds is 0. The van der Waals surface area contributed by atoms with Crippen LogP contribution in [0.15, 0.2) is 11.6 Å². The van der Waals surface area contributed by atoms with E-state index in [1.165, 1.54) is 35.5 Å². The molecule has 7 saturated carbocycles. The van der Waals surface area contributed by atoms with Crippen molar-refractivity contribution in [1.29, 1.82) is 0 Å². The minimum absolute atomic E-state index is 0.847. The first-order valence-electron chi connectivity index (χ1n) is 10.5. The minimum atomic E-state index is 0.847. The summed E-state index contributed by atoms with van der Waals surface area (Å²) in [6, 6.07) is 0. The Kier molecular flexibility index (Phi) is 1.55. The Morgan fingerprint density at radius 2 is 1.91 bits per heavy atom. The molecule has 0 amide bonds. The second-order valence-corrected chi connectivity index (χ2v) is 11.1. The summed E-state index contributed by atoms with van der Waals surface area (Å²) in [6.07, 6.45) is 17.5. The third-order valence-corrected chi connectivity index (χ3v) is 11.3. The molecule has 0 nitrogen and oxygen atoms in total. The van der Waals surface area contributed by atoms with Gasteiger partial charge in [0.2, 0.25) is 0 Å². The van der Waals surface area contributed by atoms with Gasteiger partial charge in [-0.05, 0) is 109 Å². The Morgan fingerprint density at radius 1 is 0.909 bits per heavy atom. The molecule has 0 aliphatic heterocycles. The number of allylic oxidation sites excluding steroid dienone is 2. The molecule has 0 aromatic carbocycles. The fourth-order valence-corrected chi connectivity index (χ4v) is 11.7. The standard InChI is InChI=1S/C22H28/c1-2-11-7-22-10-16(19(11)17(22)3-1)15-6-18-12-4-13-8-21(18,20(15)22)9-14(13)5-12/h4,11-12,14-20H,1-3,5-10H2. The van der Waals surface area contributed by atoms with E-state index in [0.717, 1.165) is 28.6 Å². The van der Waals surface area contributed by atoms with Gasteiger partial charge in [-0.15, -0.1) is 0 Å². The van der Waals surface area contributed by atoms with Crippen molar-refractivity contribution in [3.63, 3.8) is 0 Å². The third-order valence-electron chi connectivity index (χ3n) is 11.3. The smallest absolute Gasteiger partial charge is 0.0184 e. The first kappa shape index (κ1) is 11.3. The van der Waals surface area contributed by atoms with Crippen LogP contribution in [0, 0.1) is 64.1 Å². The predicted octanol–water partition coefficient (Wildman–Crippen LogP) is 5.05. The fraction of sp³-hybridized carbons (Fsp3) is 0.909. The summed E-state index contributed by atoms with van der Waals surface area (Å²) in [6.45, 7) is 0. The lowest BCUT2D eigenvalue weighted by Gasteiger charge is -2.51. The summed E-state index contributed by atoms with van der Waals surface area (Å²) in [5, 5.41) is 0. The summed E-state index contributed by atoms with van der Waals surface area (Å²) in [7, 11) is 0. The van der Waals surface area contributed by atoms with E-state index in [0.29, 0.717) is 0 Å². The maximum atomic E-state index is 2.79. The van der Waals surface area contributed by atoms with Crippen LogP contribution in [0.2, 0.25) is 0 Å². The summed E-state index contributed by atoms with van der Waals surface area (Å²) < 4.78 is 0. The topological polar surface area (TPSA) is 0 Å². The molecule has 9 rings (SSSR count). The Labute approximate surface area is 134 Å². The molecule has 0 heterocycles. The quantitative estimate of drug-likeness (QED) is 0.548. The van der Waals surface area contributed by atoms with Crippen LogP contribution in [0.5, 0.6) is 0 Å². The van der Waals surface area contributed by atoms with Gasteiger partial charge in [0.1, 0.15) is 0 Å². The maximum Gasteiger partial charge on any atom is -0.0184 e. The van der Waals surface area contributed by atoms with E-state index < -0.39 is 0 Å². The molecule has 9 aliphatic carbocycles. The van der Waals surface area contributed by atoms with Crippen LogP contribution in [-0.4, -0.2) is 0 Å². The largest absolute Gasteiger partial charge is 0.0816 e. The molecule has 22 heavy (non-hydrogen) atoms. The summed E-state index contributed by atoms with van der Waals surface area (Å²) in [4.78, 5) is 0. The maximum absolute atomic E-state index is 2.79. The van der Waals surface area contributed by atoms with Crippen LogP contribution < -0.4 is 0 Å². The molecule has 0 saturated heterocycles. The summed E-state index contributed by atoms with van der Waals surface area (Å²) in [5.41, 5.74) is 3.69. The number of hydrogen-bond donors (Lipinski definition) is 0. The molecule has 0 radical (unpaired) electrons. The van der Waals surface area contributed by atoms with Crippen molar-refractivity contribution in [2.75, 3.05) is 0 Å².